The molecule has 0 amide bonds. The molecule has 0 aliphatic carbocycles. The summed E-state index contributed by atoms with van der Waals surface area (Å²) in [6.07, 6.45) is 10.3. The molecule has 0 saturated heterocycles. The van der Waals surface area contributed by atoms with Crippen LogP contribution in [-0.4, -0.2) is 22.5 Å². The van der Waals surface area contributed by atoms with E-state index in [0.29, 0.717) is 12.4 Å². The monoisotopic (exact) mass is 390 g/mol. The molecule has 0 atom stereocenters. The van der Waals surface area contributed by atoms with Gasteiger partial charge in [-0.2, -0.15) is 0 Å². The molecule has 3 rings (SSSR count). The molecule has 4 nitrogen and oxygen atoms in total. The van der Waals surface area contributed by atoms with E-state index < -0.39 is 5.41 Å². The molecule has 0 aliphatic rings. The van der Waals surface area contributed by atoms with Crippen molar-refractivity contribution in [1.82, 2.24) is 9.97 Å². The first-order valence-electron chi connectivity index (χ1n) is 10.6. The quantitative estimate of drug-likeness (QED) is 0.340. The van der Waals surface area contributed by atoms with Crippen molar-refractivity contribution in [2.45, 2.75) is 50.9 Å². The molecule has 1 N–H and O–H groups in total. The Morgan fingerprint density at radius 3 is 2.03 bits per heavy atom. The lowest BCUT2D eigenvalue weighted by Crippen LogP contribution is -2.41. The van der Waals surface area contributed by atoms with Crippen molar-refractivity contribution in [3.63, 3.8) is 0 Å². The maximum atomic E-state index is 13.6. The van der Waals surface area contributed by atoms with Gasteiger partial charge in [-0.3, -0.25) is 4.79 Å². The van der Waals surface area contributed by atoms with Gasteiger partial charge >= 0.3 is 5.97 Å². The van der Waals surface area contributed by atoms with Crippen molar-refractivity contribution in [3.8, 4) is 0 Å². The summed E-state index contributed by atoms with van der Waals surface area (Å²) in [6.45, 7) is 2.64. The summed E-state index contributed by atoms with van der Waals surface area (Å²) in [4.78, 5) is 21.3. The molecule has 3 aromatic rings. The van der Waals surface area contributed by atoms with Crippen molar-refractivity contribution in [2.24, 2.45) is 0 Å². The fourth-order valence-electron chi connectivity index (χ4n) is 3.77. The van der Waals surface area contributed by atoms with Crippen LogP contribution >= 0.6 is 0 Å². The first-order chi connectivity index (χ1) is 14.3. The van der Waals surface area contributed by atoms with E-state index in [-0.39, 0.29) is 5.97 Å². The Bertz CT molecular complexity index is 806. The van der Waals surface area contributed by atoms with Gasteiger partial charge in [-0.1, -0.05) is 99.7 Å². The van der Waals surface area contributed by atoms with Gasteiger partial charge in [0, 0.05) is 12.4 Å². The molecule has 0 radical (unpaired) electrons. The van der Waals surface area contributed by atoms with Gasteiger partial charge in [0.1, 0.15) is 5.82 Å². The van der Waals surface area contributed by atoms with E-state index in [2.05, 4.69) is 16.9 Å². The average molecular weight is 391 g/mol. The van der Waals surface area contributed by atoms with Crippen LogP contribution in [0.2, 0.25) is 0 Å². The zero-order valence-electron chi connectivity index (χ0n) is 17.1. The summed E-state index contributed by atoms with van der Waals surface area (Å²) < 4.78 is 5.85. The van der Waals surface area contributed by atoms with Crippen LogP contribution in [0.15, 0.2) is 73.1 Å². The SMILES string of the molecule is CCCCCCCCOC(=O)C(c1ccccc1)(c1ccccc1)c1ncc[nH]1. The molecule has 0 spiro atoms. The Labute approximate surface area is 173 Å². The Morgan fingerprint density at radius 1 is 0.897 bits per heavy atom. The van der Waals surface area contributed by atoms with Crippen LogP contribution < -0.4 is 0 Å². The topological polar surface area (TPSA) is 55.0 Å². The Kier molecular flexibility index (Phi) is 7.62. The van der Waals surface area contributed by atoms with Crippen LogP contribution in [0, 0.1) is 0 Å². The summed E-state index contributed by atoms with van der Waals surface area (Å²) in [7, 11) is 0. The zero-order chi connectivity index (χ0) is 20.4. The molecule has 0 bridgehead atoms. The largest absolute Gasteiger partial charge is 0.464 e. The van der Waals surface area contributed by atoms with E-state index >= 15 is 0 Å². The summed E-state index contributed by atoms with van der Waals surface area (Å²) in [6, 6.07) is 19.5. The number of rotatable bonds is 11. The molecule has 29 heavy (non-hydrogen) atoms. The average Bonchev–Trinajstić information content (AvgIpc) is 3.30. The fraction of sp³-hybridized carbons (Fsp3) is 0.360. The highest BCUT2D eigenvalue weighted by molar-refractivity contribution is 5.91. The second-order valence-corrected chi connectivity index (χ2v) is 7.32. The predicted molar refractivity (Wildman–Crippen MR) is 116 cm³/mol. The van der Waals surface area contributed by atoms with E-state index in [1.54, 1.807) is 12.4 Å². The van der Waals surface area contributed by atoms with Crippen LogP contribution in [0.4, 0.5) is 0 Å². The minimum Gasteiger partial charge on any atom is -0.464 e. The van der Waals surface area contributed by atoms with Crippen molar-refractivity contribution >= 4 is 5.97 Å². The maximum Gasteiger partial charge on any atom is 0.328 e. The minimum absolute atomic E-state index is 0.293. The highest BCUT2D eigenvalue weighted by Crippen LogP contribution is 2.38. The number of nitrogens with one attached hydrogen (secondary N) is 1. The number of aromatic nitrogens is 2. The summed E-state index contributed by atoms with van der Waals surface area (Å²) in [5, 5.41) is 0. The number of hydrogen-bond donors (Lipinski definition) is 1. The number of imidazole rings is 1. The highest BCUT2D eigenvalue weighted by atomic mass is 16.5. The molecular weight excluding hydrogens is 360 g/mol. The van der Waals surface area contributed by atoms with E-state index in [1.165, 1.54) is 25.7 Å². The molecule has 152 valence electrons. The summed E-state index contributed by atoms with van der Waals surface area (Å²) >= 11 is 0. The molecule has 2 aromatic carbocycles. The smallest absolute Gasteiger partial charge is 0.328 e. The third kappa shape index (κ3) is 4.76. The molecule has 0 saturated carbocycles. The summed E-state index contributed by atoms with van der Waals surface area (Å²) in [5.41, 5.74) is 0.567. The first kappa shape index (κ1) is 20.8. The standard InChI is InChI=1S/C25H30N2O2/c1-2-3-4-5-6-13-20-29-24(28)25(23-26-18-19-27-23,21-14-9-7-10-15-21)22-16-11-8-12-17-22/h7-12,14-19H,2-6,13,20H2,1H3,(H,26,27). The normalized spacial score (nSPS) is 11.3. The zero-order valence-corrected chi connectivity index (χ0v) is 17.1. The van der Waals surface area contributed by atoms with Crippen molar-refractivity contribution in [2.75, 3.05) is 6.61 Å². The number of nitrogens with zero attached hydrogens (tertiary/aromatic N) is 1. The Hall–Kier alpha value is -2.88. The van der Waals surface area contributed by atoms with Crippen LogP contribution in [0.25, 0.3) is 0 Å². The highest BCUT2D eigenvalue weighted by Gasteiger charge is 2.47. The lowest BCUT2D eigenvalue weighted by molar-refractivity contribution is -0.147. The fourth-order valence-corrected chi connectivity index (χ4v) is 3.77. The van der Waals surface area contributed by atoms with Gasteiger partial charge in [-0.15, -0.1) is 0 Å². The Morgan fingerprint density at radius 2 is 1.48 bits per heavy atom. The number of esters is 1. The maximum absolute atomic E-state index is 13.6. The van der Waals surface area contributed by atoms with E-state index in [1.807, 2.05) is 60.7 Å². The molecule has 0 fully saturated rings. The van der Waals surface area contributed by atoms with Gasteiger partial charge < -0.3 is 9.72 Å². The van der Waals surface area contributed by atoms with Crippen LogP contribution in [0.3, 0.4) is 0 Å². The molecule has 0 unspecified atom stereocenters. The number of aromatic amines is 1. The van der Waals surface area contributed by atoms with Crippen molar-refractivity contribution in [3.05, 3.63) is 90.0 Å². The number of carbonyl (C=O) groups is 1. The second-order valence-electron chi connectivity index (χ2n) is 7.32. The Balaban J connectivity index is 1.88. The van der Waals surface area contributed by atoms with Crippen molar-refractivity contribution in [1.29, 1.82) is 0 Å². The van der Waals surface area contributed by atoms with Crippen LogP contribution in [-0.2, 0) is 14.9 Å². The van der Waals surface area contributed by atoms with Gasteiger partial charge in [0.15, 0.2) is 5.41 Å². The number of H-pyrrole nitrogens is 1. The lowest BCUT2D eigenvalue weighted by Gasteiger charge is -2.31. The second kappa shape index (κ2) is 10.6. The summed E-state index contributed by atoms with van der Waals surface area (Å²) in [5.74, 6) is 0.279. The molecule has 0 aliphatic heterocycles. The molecule has 4 heteroatoms. The molecule has 1 heterocycles. The lowest BCUT2D eigenvalue weighted by atomic mass is 9.73. The van der Waals surface area contributed by atoms with E-state index in [0.717, 1.165) is 24.0 Å². The number of hydrogen-bond acceptors (Lipinski definition) is 3. The molecule has 1 aromatic heterocycles. The van der Waals surface area contributed by atoms with Crippen LogP contribution in [0.5, 0.6) is 0 Å². The number of ether oxygens (including phenoxy) is 1. The van der Waals surface area contributed by atoms with Crippen molar-refractivity contribution < 1.29 is 9.53 Å². The first-order valence-corrected chi connectivity index (χ1v) is 10.6. The minimum atomic E-state index is -1.12. The van der Waals surface area contributed by atoms with Gasteiger partial charge in [-0.25, -0.2) is 4.98 Å². The van der Waals surface area contributed by atoms with Gasteiger partial charge in [0.05, 0.1) is 6.61 Å². The number of unbranched alkanes of at least 4 members (excludes halogenated alkanes) is 5. The third-order valence-corrected chi connectivity index (χ3v) is 5.30. The molecular formula is C25H30N2O2. The van der Waals surface area contributed by atoms with E-state index in [9.17, 15) is 4.79 Å². The third-order valence-electron chi connectivity index (χ3n) is 5.30. The van der Waals surface area contributed by atoms with E-state index in [4.69, 9.17) is 4.74 Å². The van der Waals surface area contributed by atoms with Gasteiger partial charge in [-0.05, 0) is 17.5 Å². The predicted octanol–water partition coefficient (Wildman–Crippen LogP) is 5.65. The van der Waals surface area contributed by atoms with Gasteiger partial charge in [0.2, 0.25) is 0 Å². The number of benzene rings is 2. The van der Waals surface area contributed by atoms with Crippen LogP contribution in [0.1, 0.15) is 62.4 Å². The van der Waals surface area contributed by atoms with Gasteiger partial charge in [0.25, 0.3) is 0 Å². The number of carbonyl (C=O) groups excluding carboxylic acids is 1.